The van der Waals surface area contributed by atoms with Gasteiger partial charge in [-0.2, -0.15) is 0 Å². The van der Waals surface area contributed by atoms with Crippen LogP contribution in [0.15, 0.2) is 24.3 Å². The number of hydrogen-bond acceptors (Lipinski definition) is 4. The number of likely N-dealkylation sites (N-methyl/N-ethyl adjacent to an activating group) is 1. The Morgan fingerprint density at radius 1 is 1.38 bits per heavy atom. The molecule has 1 aromatic carbocycles. The average molecular weight is 291 g/mol. The molecule has 1 amide bonds. The molecule has 1 fully saturated rings. The van der Waals surface area contributed by atoms with Crippen molar-refractivity contribution in [1.82, 2.24) is 9.80 Å². The van der Waals surface area contributed by atoms with Crippen LogP contribution in [0.5, 0.6) is 5.75 Å². The van der Waals surface area contributed by atoms with Gasteiger partial charge in [0.2, 0.25) is 5.91 Å². The van der Waals surface area contributed by atoms with Crippen LogP contribution in [0.2, 0.25) is 0 Å². The lowest BCUT2D eigenvalue weighted by Crippen LogP contribution is -2.58. The molecule has 0 aromatic heterocycles. The zero-order valence-electron chi connectivity index (χ0n) is 13.1. The highest BCUT2D eigenvalue weighted by molar-refractivity contribution is 5.76. The highest BCUT2D eigenvalue weighted by Crippen LogP contribution is 2.19. The highest BCUT2D eigenvalue weighted by atomic mass is 16.5. The van der Waals surface area contributed by atoms with Crippen LogP contribution in [0.4, 0.5) is 5.69 Å². The Bertz CT molecular complexity index is 502. The Hall–Kier alpha value is -1.75. The van der Waals surface area contributed by atoms with E-state index < -0.39 is 0 Å². The molecule has 0 bridgehead atoms. The predicted octanol–water partition coefficient (Wildman–Crippen LogP) is 1.59. The molecule has 1 heterocycles. The van der Waals surface area contributed by atoms with Crippen molar-refractivity contribution < 1.29 is 9.53 Å². The van der Waals surface area contributed by atoms with Crippen LogP contribution < -0.4 is 10.5 Å². The number of rotatable bonds is 4. The van der Waals surface area contributed by atoms with E-state index in [-0.39, 0.29) is 11.4 Å². The number of benzene rings is 1. The second-order valence-corrected chi connectivity index (χ2v) is 6.22. The molecule has 2 rings (SSSR count). The van der Waals surface area contributed by atoms with E-state index >= 15 is 0 Å². The monoisotopic (exact) mass is 291 g/mol. The van der Waals surface area contributed by atoms with Crippen molar-refractivity contribution in [3.63, 3.8) is 0 Å². The van der Waals surface area contributed by atoms with Crippen LogP contribution >= 0.6 is 0 Å². The summed E-state index contributed by atoms with van der Waals surface area (Å²) in [7, 11) is 2.10. The number of nitrogens with zero attached hydrogens (tertiary/aromatic N) is 2. The lowest BCUT2D eigenvalue weighted by Gasteiger charge is -2.45. The second kappa shape index (κ2) is 6.35. The second-order valence-electron chi connectivity index (χ2n) is 6.22. The van der Waals surface area contributed by atoms with Crippen LogP contribution in [0.1, 0.15) is 20.3 Å². The largest absolute Gasteiger partial charge is 0.493 e. The van der Waals surface area contributed by atoms with E-state index in [9.17, 15) is 4.79 Å². The molecule has 1 aromatic rings. The van der Waals surface area contributed by atoms with Crippen molar-refractivity contribution in [2.45, 2.75) is 25.8 Å². The topological polar surface area (TPSA) is 58.8 Å². The Morgan fingerprint density at radius 2 is 2.14 bits per heavy atom. The summed E-state index contributed by atoms with van der Waals surface area (Å²) in [6.45, 7) is 7.17. The molecule has 21 heavy (non-hydrogen) atoms. The highest BCUT2D eigenvalue weighted by Gasteiger charge is 2.32. The number of piperazine rings is 1. The number of anilines is 1. The maximum Gasteiger partial charge on any atom is 0.226 e. The van der Waals surface area contributed by atoms with Crippen molar-refractivity contribution in [2.75, 3.05) is 39.0 Å². The van der Waals surface area contributed by atoms with Crippen molar-refractivity contribution >= 4 is 11.6 Å². The van der Waals surface area contributed by atoms with Gasteiger partial charge < -0.3 is 15.4 Å². The molecule has 0 aliphatic carbocycles. The number of nitrogen functional groups attached to an aromatic ring is 1. The van der Waals surface area contributed by atoms with Crippen LogP contribution in [-0.4, -0.2) is 54.5 Å². The van der Waals surface area contributed by atoms with E-state index in [0.29, 0.717) is 24.5 Å². The molecule has 0 unspecified atom stereocenters. The van der Waals surface area contributed by atoms with E-state index in [1.54, 1.807) is 6.07 Å². The van der Waals surface area contributed by atoms with Gasteiger partial charge in [-0.05, 0) is 33.0 Å². The van der Waals surface area contributed by atoms with Crippen LogP contribution in [0.25, 0.3) is 0 Å². The molecule has 5 nitrogen and oxygen atoms in total. The summed E-state index contributed by atoms with van der Waals surface area (Å²) >= 11 is 0. The summed E-state index contributed by atoms with van der Waals surface area (Å²) < 4.78 is 5.58. The molecule has 116 valence electrons. The lowest BCUT2D eigenvalue weighted by atomic mass is 9.99. The Morgan fingerprint density at radius 3 is 2.81 bits per heavy atom. The summed E-state index contributed by atoms with van der Waals surface area (Å²) in [5, 5.41) is 0. The van der Waals surface area contributed by atoms with Crippen molar-refractivity contribution in [3.05, 3.63) is 24.3 Å². The maximum absolute atomic E-state index is 12.3. The third-order valence-corrected chi connectivity index (χ3v) is 4.11. The summed E-state index contributed by atoms with van der Waals surface area (Å²) in [6.07, 6.45) is 0.397. The van der Waals surface area contributed by atoms with Crippen molar-refractivity contribution in [1.29, 1.82) is 0 Å². The molecule has 1 saturated heterocycles. The van der Waals surface area contributed by atoms with Gasteiger partial charge in [0.15, 0.2) is 0 Å². The fourth-order valence-corrected chi connectivity index (χ4v) is 2.47. The van der Waals surface area contributed by atoms with Gasteiger partial charge in [0.05, 0.1) is 13.0 Å². The predicted molar refractivity (Wildman–Crippen MR) is 84.3 cm³/mol. The van der Waals surface area contributed by atoms with Crippen LogP contribution in [0, 0.1) is 0 Å². The number of carbonyl (C=O) groups excluding carboxylic acids is 1. The summed E-state index contributed by atoms with van der Waals surface area (Å²) in [4.78, 5) is 16.5. The van der Waals surface area contributed by atoms with Gasteiger partial charge in [-0.15, -0.1) is 0 Å². The zero-order chi connectivity index (χ0) is 15.5. The molecule has 0 radical (unpaired) electrons. The van der Waals surface area contributed by atoms with Crippen LogP contribution in [0.3, 0.4) is 0 Å². The van der Waals surface area contributed by atoms with Crippen molar-refractivity contribution in [2.24, 2.45) is 0 Å². The number of carbonyl (C=O) groups is 1. The minimum absolute atomic E-state index is 0.0304. The summed E-state index contributed by atoms with van der Waals surface area (Å²) in [5.41, 5.74) is 6.39. The number of ether oxygens (including phenoxy) is 1. The molecule has 1 aliphatic heterocycles. The standard InChI is InChI=1S/C16H25N3O2/c1-16(2)12-19(9-8-18(16)3)15(20)7-10-21-14-6-4-5-13(17)11-14/h4-6,11H,7-10,12,17H2,1-3H3. The zero-order valence-corrected chi connectivity index (χ0v) is 13.1. The van der Waals surface area contributed by atoms with E-state index in [0.717, 1.165) is 19.6 Å². The quantitative estimate of drug-likeness (QED) is 0.856. The first-order valence-corrected chi connectivity index (χ1v) is 7.36. The van der Waals surface area contributed by atoms with E-state index in [1.165, 1.54) is 0 Å². The van der Waals surface area contributed by atoms with Crippen molar-refractivity contribution in [3.8, 4) is 5.75 Å². The molecule has 0 spiro atoms. The fraction of sp³-hybridized carbons (Fsp3) is 0.562. The number of nitrogens with two attached hydrogens (primary N) is 1. The Labute approximate surface area is 126 Å². The maximum atomic E-state index is 12.3. The van der Waals surface area contributed by atoms with Gasteiger partial charge in [0.1, 0.15) is 5.75 Å². The van der Waals surface area contributed by atoms with E-state index in [1.807, 2.05) is 23.1 Å². The third-order valence-electron chi connectivity index (χ3n) is 4.11. The van der Waals surface area contributed by atoms with Gasteiger partial charge in [0.25, 0.3) is 0 Å². The molecule has 0 saturated carbocycles. The van der Waals surface area contributed by atoms with E-state index in [2.05, 4.69) is 25.8 Å². The Kier molecular flexibility index (Phi) is 4.73. The van der Waals surface area contributed by atoms with Gasteiger partial charge in [-0.3, -0.25) is 9.69 Å². The molecule has 2 N–H and O–H groups in total. The third kappa shape index (κ3) is 4.11. The summed E-state index contributed by atoms with van der Waals surface area (Å²) in [6, 6.07) is 7.27. The first-order valence-electron chi connectivity index (χ1n) is 7.36. The first kappa shape index (κ1) is 15.6. The molecular weight excluding hydrogens is 266 g/mol. The normalized spacial score (nSPS) is 18.5. The van der Waals surface area contributed by atoms with E-state index in [4.69, 9.17) is 10.5 Å². The molecule has 0 atom stereocenters. The first-order chi connectivity index (χ1) is 9.88. The minimum atomic E-state index is 0.0304. The number of hydrogen-bond donors (Lipinski definition) is 1. The minimum Gasteiger partial charge on any atom is -0.493 e. The van der Waals surface area contributed by atoms with Gasteiger partial charge >= 0.3 is 0 Å². The van der Waals surface area contributed by atoms with Gasteiger partial charge in [0, 0.05) is 36.9 Å². The molecular formula is C16H25N3O2. The Balaban J connectivity index is 1.80. The number of amides is 1. The summed E-state index contributed by atoms with van der Waals surface area (Å²) in [5.74, 6) is 0.863. The molecule has 5 heteroatoms. The van der Waals surface area contributed by atoms with Crippen LogP contribution in [-0.2, 0) is 4.79 Å². The smallest absolute Gasteiger partial charge is 0.226 e. The SMILES string of the molecule is CN1CCN(C(=O)CCOc2cccc(N)c2)CC1(C)C. The van der Waals surface area contributed by atoms with Gasteiger partial charge in [-0.25, -0.2) is 0 Å². The average Bonchev–Trinajstić information content (AvgIpc) is 2.42. The lowest BCUT2D eigenvalue weighted by molar-refractivity contribution is -0.136. The fourth-order valence-electron chi connectivity index (χ4n) is 2.47. The molecule has 1 aliphatic rings. The van der Waals surface area contributed by atoms with Gasteiger partial charge in [-0.1, -0.05) is 6.07 Å².